The van der Waals surface area contributed by atoms with Gasteiger partial charge in [0.1, 0.15) is 0 Å². The molecule has 0 aliphatic heterocycles. The highest BCUT2D eigenvalue weighted by molar-refractivity contribution is 7.93. The third-order valence-electron chi connectivity index (χ3n) is 2.50. The van der Waals surface area contributed by atoms with Crippen molar-refractivity contribution in [3.05, 3.63) is 29.3 Å². The van der Waals surface area contributed by atoms with Crippen LogP contribution >= 0.6 is 0 Å². The van der Waals surface area contributed by atoms with Gasteiger partial charge in [0.25, 0.3) is 0 Å². The molecule has 0 aliphatic rings. The number of anilines is 1. The highest BCUT2D eigenvalue weighted by Crippen LogP contribution is 2.17. The summed E-state index contributed by atoms with van der Waals surface area (Å²) in [4.78, 5) is 11.0. The predicted octanol–water partition coefficient (Wildman–Crippen LogP) is 0.644. The maximum atomic E-state index is 11.7. The van der Waals surface area contributed by atoms with Crippen molar-refractivity contribution < 1.29 is 23.1 Å². The molecule has 21 heavy (non-hydrogen) atoms. The predicted molar refractivity (Wildman–Crippen MR) is 79.2 cm³/mol. The Morgan fingerprint density at radius 2 is 2.14 bits per heavy atom. The second-order valence-electron chi connectivity index (χ2n) is 4.24. The van der Waals surface area contributed by atoms with Crippen molar-refractivity contribution in [2.45, 2.75) is 13.3 Å². The van der Waals surface area contributed by atoms with Gasteiger partial charge in [-0.2, -0.15) is 0 Å². The van der Waals surface area contributed by atoms with E-state index in [0.717, 1.165) is 12.7 Å². The van der Waals surface area contributed by atoms with Gasteiger partial charge >= 0.3 is 5.97 Å². The number of aryl methyl sites for hydroxylation is 1. The van der Waals surface area contributed by atoms with Crippen molar-refractivity contribution in [3.63, 3.8) is 0 Å². The summed E-state index contributed by atoms with van der Waals surface area (Å²) in [5, 5.41) is 8.65. The van der Waals surface area contributed by atoms with Crippen molar-refractivity contribution in [2.75, 3.05) is 24.2 Å². The first-order chi connectivity index (χ1) is 9.88. The second kappa shape index (κ2) is 7.67. The van der Waals surface area contributed by atoms with Crippen LogP contribution in [-0.4, -0.2) is 39.0 Å². The molecule has 0 unspecified atom stereocenters. The molecule has 0 saturated heterocycles. The van der Waals surface area contributed by atoms with Gasteiger partial charge in [0, 0.05) is 12.0 Å². The highest BCUT2D eigenvalue weighted by atomic mass is 32.2. The number of sulfonamides is 1. The number of esters is 1. The van der Waals surface area contributed by atoms with Crippen LogP contribution in [0.2, 0.25) is 0 Å². The van der Waals surface area contributed by atoms with E-state index in [0.29, 0.717) is 17.7 Å². The first kappa shape index (κ1) is 17.0. The van der Waals surface area contributed by atoms with Crippen LogP contribution in [0, 0.1) is 18.8 Å². The van der Waals surface area contributed by atoms with Gasteiger partial charge in [-0.1, -0.05) is 11.8 Å². The molecule has 0 aliphatic carbocycles. The summed E-state index contributed by atoms with van der Waals surface area (Å²) < 4.78 is 30.2. The Balaban J connectivity index is 2.87. The molecule has 0 amide bonds. The fourth-order valence-corrected chi connectivity index (χ4v) is 2.56. The number of hydrogen-bond donors (Lipinski definition) is 2. The number of aliphatic hydroxyl groups is 1. The quantitative estimate of drug-likeness (QED) is 0.615. The first-order valence-corrected chi connectivity index (χ1v) is 7.81. The highest BCUT2D eigenvalue weighted by Gasteiger charge is 2.17. The first-order valence-electron chi connectivity index (χ1n) is 6.15. The van der Waals surface area contributed by atoms with E-state index in [4.69, 9.17) is 5.11 Å². The summed E-state index contributed by atoms with van der Waals surface area (Å²) in [6.07, 6.45) is 0.382. The van der Waals surface area contributed by atoms with Gasteiger partial charge in [0.15, 0.2) is 5.75 Å². The lowest BCUT2D eigenvalue weighted by Gasteiger charge is -2.10. The maximum absolute atomic E-state index is 11.7. The van der Waals surface area contributed by atoms with Crippen LogP contribution in [0.15, 0.2) is 18.2 Å². The molecule has 0 saturated carbocycles. The minimum atomic E-state index is -3.80. The van der Waals surface area contributed by atoms with Crippen LogP contribution in [-0.2, 0) is 19.6 Å². The Bertz CT molecular complexity index is 670. The van der Waals surface area contributed by atoms with Crippen molar-refractivity contribution >= 4 is 21.7 Å². The van der Waals surface area contributed by atoms with E-state index in [1.807, 2.05) is 0 Å². The summed E-state index contributed by atoms with van der Waals surface area (Å²) in [5.74, 6) is 4.07. The molecule has 2 N–H and O–H groups in total. The van der Waals surface area contributed by atoms with Gasteiger partial charge in [0.2, 0.25) is 10.0 Å². The zero-order valence-electron chi connectivity index (χ0n) is 11.8. The third-order valence-corrected chi connectivity index (χ3v) is 3.64. The zero-order chi connectivity index (χ0) is 15.9. The summed E-state index contributed by atoms with van der Waals surface area (Å²) in [5.41, 5.74) is 1.78. The molecule has 0 radical (unpaired) electrons. The molecular weight excluding hydrogens is 294 g/mol. The number of nitrogens with one attached hydrogen (secondary N) is 1. The number of aliphatic hydroxyl groups excluding tert-OH is 1. The van der Waals surface area contributed by atoms with E-state index >= 15 is 0 Å². The Morgan fingerprint density at radius 3 is 2.71 bits per heavy atom. The summed E-state index contributed by atoms with van der Waals surface area (Å²) in [6, 6.07) is 4.96. The summed E-state index contributed by atoms with van der Waals surface area (Å²) in [7, 11) is -2.67. The molecule has 114 valence electrons. The monoisotopic (exact) mass is 311 g/mol. The van der Waals surface area contributed by atoms with Crippen LogP contribution in [0.4, 0.5) is 5.69 Å². The molecule has 0 spiro atoms. The maximum Gasteiger partial charge on any atom is 0.322 e. The van der Waals surface area contributed by atoms with Crippen LogP contribution in [0.5, 0.6) is 0 Å². The van der Waals surface area contributed by atoms with Crippen LogP contribution in [0.1, 0.15) is 17.5 Å². The van der Waals surface area contributed by atoms with Crippen molar-refractivity contribution in [1.29, 1.82) is 0 Å². The van der Waals surface area contributed by atoms with Crippen LogP contribution in [0.3, 0.4) is 0 Å². The number of benzene rings is 1. The van der Waals surface area contributed by atoms with Crippen molar-refractivity contribution in [3.8, 4) is 11.8 Å². The standard InChI is InChI=1S/C14H17NO5S/c1-11-9-12(5-3-4-8-16)6-7-13(11)15-21(18,19)10-14(17)20-2/h6-7,9,15-16H,4,8,10H2,1-2H3. The SMILES string of the molecule is COC(=O)CS(=O)(=O)Nc1ccc(C#CCCO)cc1C. The molecular formula is C14H17NO5S. The second-order valence-corrected chi connectivity index (χ2v) is 5.96. The Kier molecular flexibility index (Phi) is 6.21. The number of hydrogen-bond acceptors (Lipinski definition) is 5. The van der Waals surface area contributed by atoms with E-state index in [1.165, 1.54) is 0 Å². The number of rotatable bonds is 5. The molecule has 1 aromatic carbocycles. The van der Waals surface area contributed by atoms with Gasteiger partial charge in [0.05, 0.1) is 19.4 Å². The van der Waals surface area contributed by atoms with Gasteiger partial charge in [-0.3, -0.25) is 9.52 Å². The molecule has 0 bridgehead atoms. The fourth-order valence-electron chi connectivity index (χ4n) is 1.49. The Morgan fingerprint density at radius 1 is 1.43 bits per heavy atom. The van der Waals surface area contributed by atoms with Crippen molar-refractivity contribution in [2.24, 2.45) is 0 Å². The molecule has 1 aromatic rings. The van der Waals surface area contributed by atoms with E-state index in [2.05, 4.69) is 21.3 Å². The van der Waals surface area contributed by atoms with Crippen LogP contribution in [0.25, 0.3) is 0 Å². The average molecular weight is 311 g/mol. The molecule has 0 heterocycles. The lowest BCUT2D eigenvalue weighted by atomic mass is 10.1. The number of carbonyl (C=O) groups excluding carboxylic acids is 1. The largest absolute Gasteiger partial charge is 0.468 e. The van der Waals surface area contributed by atoms with Gasteiger partial charge in [-0.15, -0.1) is 0 Å². The Labute approximate surface area is 124 Å². The smallest absolute Gasteiger partial charge is 0.322 e. The Hall–Kier alpha value is -2.04. The normalized spacial score (nSPS) is 10.4. The molecule has 0 fully saturated rings. The molecule has 6 nitrogen and oxygen atoms in total. The molecule has 7 heteroatoms. The van der Waals surface area contributed by atoms with Crippen molar-refractivity contribution in [1.82, 2.24) is 0 Å². The van der Waals surface area contributed by atoms with E-state index < -0.39 is 21.7 Å². The minimum Gasteiger partial charge on any atom is -0.468 e. The number of methoxy groups -OCH3 is 1. The average Bonchev–Trinajstić information content (AvgIpc) is 2.41. The van der Waals surface area contributed by atoms with Gasteiger partial charge < -0.3 is 9.84 Å². The van der Waals surface area contributed by atoms with Gasteiger partial charge in [-0.05, 0) is 30.7 Å². The lowest BCUT2D eigenvalue weighted by molar-refractivity contribution is -0.137. The molecule has 0 atom stereocenters. The third kappa shape index (κ3) is 5.85. The molecule has 1 rings (SSSR count). The summed E-state index contributed by atoms with van der Waals surface area (Å²) in [6.45, 7) is 1.73. The lowest BCUT2D eigenvalue weighted by Crippen LogP contribution is -2.24. The van der Waals surface area contributed by atoms with E-state index in [9.17, 15) is 13.2 Å². The minimum absolute atomic E-state index is 0.00259. The van der Waals surface area contributed by atoms with Gasteiger partial charge in [-0.25, -0.2) is 8.42 Å². The van der Waals surface area contributed by atoms with E-state index in [-0.39, 0.29) is 6.61 Å². The topological polar surface area (TPSA) is 92.7 Å². The van der Waals surface area contributed by atoms with Crippen LogP contribution < -0.4 is 4.72 Å². The van der Waals surface area contributed by atoms with E-state index in [1.54, 1.807) is 25.1 Å². The fraction of sp³-hybridized carbons (Fsp3) is 0.357. The molecule has 0 aromatic heterocycles. The zero-order valence-corrected chi connectivity index (χ0v) is 12.7. The summed E-state index contributed by atoms with van der Waals surface area (Å²) >= 11 is 0. The number of carbonyl (C=O) groups is 1. The number of ether oxygens (including phenoxy) is 1.